The van der Waals surface area contributed by atoms with E-state index < -0.39 is 0 Å². The molecular weight excluding hydrogens is 340 g/mol. The van der Waals surface area contributed by atoms with Crippen molar-refractivity contribution in [3.63, 3.8) is 0 Å². The smallest absolute Gasteiger partial charge is 0.179 e. The van der Waals surface area contributed by atoms with E-state index in [1.54, 1.807) is 7.11 Å². The predicted octanol–water partition coefficient (Wildman–Crippen LogP) is 2.63. The van der Waals surface area contributed by atoms with E-state index in [9.17, 15) is 0 Å². The molecule has 3 rings (SSSR count). The molecule has 7 heteroatoms. The van der Waals surface area contributed by atoms with Gasteiger partial charge in [0.25, 0.3) is 0 Å². The molecule has 1 saturated heterocycles. The number of benzene rings is 1. The van der Waals surface area contributed by atoms with Crippen molar-refractivity contribution in [3.05, 3.63) is 40.9 Å². The maximum Gasteiger partial charge on any atom is 0.179 e. The minimum absolute atomic E-state index is 0.227. The molecular formula is C18H25ClN4O2. The van der Waals surface area contributed by atoms with Gasteiger partial charge < -0.3 is 19.4 Å². The van der Waals surface area contributed by atoms with Crippen molar-refractivity contribution >= 4 is 11.6 Å². The van der Waals surface area contributed by atoms with Crippen molar-refractivity contribution in [2.45, 2.75) is 19.5 Å². The van der Waals surface area contributed by atoms with Crippen LogP contribution in [0.15, 0.2) is 24.5 Å². The van der Waals surface area contributed by atoms with E-state index in [0.717, 1.165) is 37.6 Å². The third kappa shape index (κ3) is 3.92. The second-order valence-electron chi connectivity index (χ2n) is 6.13. The normalized spacial score (nSPS) is 18.3. The number of nitrogens with zero attached hydrogens (tertiary/aromatic N) is 3. The van der Waals surface area contributed by atoms with E-state index >= 15 is 0 Å². The van der Waals surface area contributed by atoms with Gasteiger partial charge in [0.05, 0.1) is 24.8 Å². The Morgan fingerprint density at radius 2 is 2.24 bits per heavy atom. The summed E-state index contributed by atoms with van der Waals surface area (Å²) in [5.74, 6) is 2.35. The highest BCUT2D eigenvalue weighted by atomic mass is 35.5. The van der Waals surface area contributed by atoms with Gasteiger partial charge in [0, 0.05) is 45.6 Å². The first kappa shape index (κ1) is 18.0. The van der Waals surface area contributed by atoms with E-state index in [-0.39, 0.29) is 6.04 Å². The fraction of sp³-hybridized carbons (Fsp3) is 0.500. The quantitative estimate of drug-likeness (QED) is 0.854. The first-order valence-electron chi connectivity index (χ1n) is 8.55. The lowest BCUT2D eigenvalue weighted by Gasteiger charge is -2.35. The molecule has 2 heterocycles. The second kappa shape index (κ2) is 8.08. The molecule has 2 aromatic rings. The van der Waals surface area contributed by atoms with Crippen LogP contribution in [0.2, 0.25) is 5.02 Å². The Morgan fingerprint density at radius 1 is 1.40 bits per heavy atom. The van der Waals surface area contributed by atoms with Crippen molar-refractivity contribution in [2.75, 3.05) is 33.4 Å². The zero-order valence-electron chi connectivity index (χ0n) is 15.0. The fourth-order valence-corrected chi connectivity index (χ4v) is 3.61. The molecule has 1 atom stereocenters. The Bertz CT molecular complexity index is 719. The molecule has 25 heavy (non-hydrogen) atoms. The van der Waals surface area contributed by atoms with Crippen LogP contribution in [0.5, 0.6) is 11.5 Å². The topological polar surface area (TPSA) is 51.5 Å². The second-order valence-corrected chi connectivity index (χ2v) is 6.54. The van der Waals surface area contributed by atoms with Crippen LogP contribution < -0.4 is 14.8 Å². The summed E-state index contributed by atoms with van der Waals surface area (Å²) >= 11 is 6.40. The van der Waals surface area contributed by atoms with Crippen molar-refractivity contribution in [3.8, 4) is 11.5 Å². The molecule has 0 aliphatic carbocycles. The van der Waals surface area contributed by atoms with Gasteiger partial charge in [-0.15, -0.1) is 0 Å². The summed E-state index contributed by atoms with van der Waals surface area (Å²) in [4.78, 5) is 6.96. The number of hydrogen-bond donors (Lipinski definition) is 1. The van der Waals surface area contributed by atoms with Crippen LogP contribution in [-0.2, 0) is 13.6 Å². The summed E-state index contributed by atoms with van der Waals surface area (Å²) in [6, 6.07) is 4.21. The molecule has 0 bridgehead atoms. The monoisotopic (exact) mass is 364 g/mol. The molecule has 0 saturated carbocycles. The number of nitrogens with one attached hydrogen (secondary N) is 1. The number of rotatable bonds is 6. The van der Waals surface area contributed by atoms with E-state index in [4.69, 9.17) is 21.1 Å². The largest absolute Gasteiger partial charge is 0.491 e. The first-order chi connectivity index (χ1) is 12.1. The summed E-state index contributed by atoms with van der Waals surface area (Å²) in [7, 11) is 3.64. The number of piperazine rings is 1. The third-order valence-corrected chi connectivity index (χ3v) is 4.75. The number of methoxy groups -OCH3 is 1. The molecule has 1 unspecified atom stereocenters. The molecule has 1 aromatic carbocycles. The lowest BCUT2D eigenvalue weighted by atomic mass is 10.1. The zero-order chi connectivity index (χ0) is 17.8. The highest BCUT2D eigenvalue weighted by Gasteiger charge is 2.27. The molecule has 1 fully saturated rings. The Balaban J connectivity index is 1.85. The van der Waals surface area contributed by atoms with Gasteiger partial charge in [-0.2, -0.15) is 0 Å². The van der Waals surface area contributed by atoms with Crippen molar-refractivity contribution in [1.29, 1.82) is 0 Å². The molecule has 6 nitrogen and oxygen atoms in total. The van der Waals surface area contributed by atoms with Gasteiger partial charge in [-0.05, 0) is 24.6 Å². The van der Waals surface area contributed by atoms with Gasteiger partial charge in [0.2, 0.25) is 0 Å². The number of halogens is 1. The van der Waals surface area contributed by atoms with Crippen LogP contribution in [0.4, 0.5) is 0 Å². The number of imidazole rings is 1. The van der Waals surface area contributed by atoms with Crippen LogP contribution in [-0.4, -0.2) is 47.8 Å². The van der Waals surface area contributed by atoms with Crippen molar-refractivity contribution in [2.24, 2.45) is 7.05 Å². The van der Waals surface area contributed by atoms with E-state index in [1.807, 2.05) is 38.5 Å². The third-order valence-electron chi connectivity index (χ3n) is 4.47. The molecule has 0 amide bonds. The molecule has 0 spiro atoms. The highest BCUT2D eigenvalue weighted by molar-refractivity contribution is 6.32. The Hall–Kier alpha value is -1.76. The minimum atomic E-state index is 0.227. The van der Waals surface area contributed by atoms with Gasteiger partial charge in [-0.25, -0.2) is 4.98 Å². The van der Waals surface area contributed by atoms with Crippen LogP contribution in [0.1, 0.15) is 24.4 Å². The van der Waals surface area contributed by atoms with Crippen LogP contribution in [0.25, 0.3) is 0 Å². The number of aromatic nitrogens is 2. The van der Waals surface area contributed by atoms with Crippen LogP contribution in [0.3, 0.4) is 0 Å². The summed E-state index contributed by atoms with van der Waals surface area (Å²) in [6.45, 7) is 6.09. The van der Waals surface area contributed by atoms with Gasteiger partial charge in [-0.1, -0.05) is 11.6 Å². The summed E-state index contributed by atoms with van der Waals surface area (Å²) in [5.41, 5.74) is 1.11. The highest BCUT2D eigenvalue weighted by Crippen LogP contribution is 2.37. The van der Waals surface area contributed by atoms with Gasteiger partial charge >= 0.3 is 0 Å². The molecule has 0 radical (unpaired) electrons. The first-order valence-corrected chi connectivity index (χ1v) is 8.93. The Kier molecular flexibility index (Phi) is 5.83. The number of aryl methyl sites for hydroxylation is 1. The summed E-state index contributed by atoms with van der Waals surface area (Å²) < 4.78 is 13.2. The molecule has 136 valence electrons. The molecule has 1 aliphatic heterocycles. The standard InChI is InChI=1S/C18H25ClN4O2/c1-4-25-16-10-13(9-14(19)17(16)24-3)12-23-8-5-20-11-15(23)18-21-6-7-22(18)2/h6-7,9-10,15,20H,4-5,8,11-12H2,1-3H3. The maximum atomic E-state index is 6.40. The summed E-state index contributed by atoms with van der Waals surface area (Å²) in [5, 5.41) is 4.04. The van der Waals surface area contributed by atoms with Gasteiger partial charge in [-0.3, -0.25) is 4.90 Å². The van der Waals surface area contributed by atoms with E-state index in [0.29, 0.717) is 23.1 Å². The lowest BCUT2D eigenvalue weighted by molar-refractivity contribution is 0.144. The van der Waals surface area contributed by atoms with Crippen LogP contribution >= 0.6 is 11.6 Å². The van der Waals surface area contributed by atoms with Crippen molar-refractivity contribution in [1.82, 2.24) is 19.8 Å². The van der Waals surface area contributed by atoms with E-state index in [2.05, 4.69) is 19.8 Å². The van der Waals surface area contributed by atoms with Crippen molar-refractivity contribution < 1.29 is 9.47 Å². The Morgan fingerprint density at radius 3 is 2.92 bits per heavy atom. The minimum Gasteiger partial charge on any atom is -0.491 e. The van der Waals surface area contributed by atoms with E-state index in [1.165, 1.54) is 0 Å². The fourth-order valence-electron chi connectivity index (χ4n) is 3.30. The Labute approximate surface area is 153 Å². The molecule has 1 aromatic heterocycles. The van der Waals surface area contributed by atoms with Gasteiger partial charge in [0.15, 0.2) is 11.5 Å². The number of hydrogen-bond acceptors (Lipinski definition) is 5. The molecule has 1 aliphatic rings. The average molecular weight is 365 g/mol. The maximum absolute atomic E-state index is 6.40. The van der Waals surface area contributed by atoms with Gasteiger partial charge in [0.1, 0.15) is 5.82 Å². The molecule has 1 N–H and O–H groups in total. The SMILES string of the molecule is CCOc1cc(CN2CCNCC2c2nccn2C)cc(Cl)c1OC. The predicted molar refractivity (Wildman–Crippen MR) is 98.4 cm³/mol. The average Bonchev–Trinajstić information content (AvgIpc) is 3.01. The lowest BCUT2D eigenvalue weighted by Crippen LogP contribution is -2.46. The van der Waals surface area contributed by atoms with Crippen LogP contribution in [0, 0.1) is 0 Å². The number of ether oxygens (including phenoxy) is 2. The zero-order valence-corrected chi connectivity index (χ0v) is 15.7. The summed E-state index contributed by atoms with van der Waals surface area (Å²) in [6.07, 6.45) is 3.83.